The maximum Gasteiger partial charge on any atom is 0.281 e. The van der Waals surface area contributed by atoms with E-state index in [9.17, 15) is 8.42 Å². The molecule has 0 saturated carbocycles. The summed E-state index contributed by atoms with van der Waals surface area (Å²) in [6.07, 6.45) is 7.65. The second-order valence-corrected chi connectivity index (χ2v) is 8.69. The number of rotatable bonds is 5. The highest BCUT2D eigenvalue weighted by Gasteiger charge is 2.31. The first-order valence-electron chi connectivity index (χ1n) is 8.35. The van der Waals surface area contributed by atoms with Crippen LogP contribution in [0.1, 0.15) is 18.5 Å². The normalized spacial score (nSPS) is 19.4. The van der Waals surface area contributed by atoms with Gasteiger partial charge in [0.05, 0.1) is 11.4 Å². The van der Waals surface area contributed by atoms with Crippen LogP contribution in [0.4, 0.5) is 0 Å². The van der Waals surface area contributed by atoms with Crippen LogP contribution < -0.4 is 0 Å². The molecule has 3 rings (SSSR count). The Kier molecular flexibility index (Phi) is 5.16. The fourth-order valence-corrected chi connectivity index (χ4v) is 4.46. The van der Waals surface area contributed by atoms with E-state index in [1.165, 1.54) is 4.31 Å². The van der Waals surface area contributed by atoms with E-state index in [1.54, 1.807) is 41.7 Å². The average Bonchev–Trinajstić information content (AvgIpc) is 3.01. The molecule has 136 valence electrons. The van der Waals surface area contributed by atoms with Crippen molar-refractivity contribution >= 4 is 10.2 Å². The minimum atomic E-state index is -3.37. The third-order valence-corrected chi connectivity index (χ3v) is 6.50. The highest BCUT2D eigenvalue weighted by Crippen LogP contribution is 2.26. The van der Waals surface area contributed by atoms with Crippen molar-refractivity contribution in [2.75, 3.05) is 27.2 Å². The van der Waals surface area contributed by atoms with Crippen LogP contribution in [0.15, 0.2) is 24.7 Å². The predicted molar refractivity (Wildman–Crippen MR) is 94.8 cm³/mol. The first-order chi connectivity index (χ1) is 11.9. The maximum atomic E-state index is 12.4. The summed E-state index contributed by atoms with van der Waals surface area (Å²) in [5, 5.41) is 4.20. The first-order valence-corrected chi connectivity index (χ1v) is 9.75. The zero-order chi connectivity index (χ0) is 18.0. The molecular weight excluding hydrogens is 340 g/mol. The SMILES string of the molecule is CN(C)S(=O)(=O)N1CCC[C@H](Cc2nccnc2-c2ccnn2C)C1. The molecule has 2 aromatic heterocycles. The Labute approximate surface area is 148 Å². The molecule has 0 radical (unpaired) electrons. The van der Waals surface area contributed by atoms with Gasteiger partial charge in [0.2, 0.25) is 0 Å². The average molecular weight is 364 g/mol. The van der Waals surface area contributed by atoms with Crippen LogP contribution in [-0.4, -0.2) is 64.0 Å². The topological polar surface area (TPSA) is 84.2 Å². The van der Waals surface area contributed by atoms with Crippen molar-refractivity contribution in [2.45, 2.75) is 19.3 Å². The van der Waals surface area contributed by atoms with Crippen molar-refractivity contribution in [3.63, 3.8) is 0 Å². The number of piperidine rings is 1. The summed E-state index contributed by atoms with van der Waals surface area (Å²) in [5.41, 5.74) is 2.62. The Balaban J connectivity index is 1.81. The number of nitrogens with zero attached hydrogens (tertiary/aromatic N) is 6. The Morgan fingerprint density at radius 1 is 1.24 bits per heavy atom. The lowest BCUT2D eigenvalue weighted by atomic mass is 9.93. The van der Waals surface area contributed by atoms with E-state index in [0.29, 0.717) is 19.5 Å². The lowest BCUT2D eigenvalue weighted by Crippen LogP contribution is -2.45. The van der Waals surface area contributed by atoms with E-state index in [2.05, 4.69) is 15.1 Å². The molecule has 1 aliphatic heterocycles. The van der Waals surface area contributed by atoms with Gasteiger partial charge in [-0.3, -0.25) is 14.6 Å². The summed E-state index contributed by atoms with van der Waals surface area (Å²) >= 11 is 0. The minimum absolute atomic E-state index is 0.229. The van der Waals surface area contributed by atoms with E-state index in [-0.39, 0.29) is 5.92 Å². The van der Waals surface area contributed by atoms with Crippen LogP contribution in [0.2, 0.25) is 0 Å². The maximum absolute atomic E-state index is 12.4. The molecule has 25 heavy (non-hydrogen) atoms. The Hall–Kier alpha value is -1.84. The molecule has 1 saturated heterocycles. The standard InChI is InChI=1S/C16H24N6O2S/c1-20(2)25(23,24)22-10-4-5-13(12-22)11-14-16(18-9-8-17-14)15-6-7-19-21(15)3/h6-9,13H,4-5,10-12H2,1-3H3/t13-/m1/s1. The smallest absolute Gasteiger partial charge is 0.266 e. The summed E-state index contributed by atoms with van der Waals surface area (Å²) in [4.78, 5) is 8.99. The number of aryl methyl sites for hydroxylation is 1. The van der Waals surface area contributed by atoms with Gasteiger partial charge in [-0.25, -0.2) is 0 Å². The third-order valence-electron chi connectivity index (χ3n) is 4.59. The zero-order valence-corrected chi connectivity index (χ0v) is 15.6. The fraction of sp³-hybridized carbons (Fsp3) is 0.562. The largest absolute Gasteiger partial charge is 0.281 e. The minimum Gasteiger partial charge on any atom is -0.266 e. The molecule has 0 aliphatic carbocycles. The molecule has 0 bridgehead atoms. The number of aromatic nitrogens is 4. The molecule has 1 fully saturated rings. The van der Waals surface area contributed by atoms with E-state index < -0.39 is 10.2 Å². The fourth-order valence-electron chi connectivity index (χ4n) is 3.24. The molecule has 2 aromatic rings. The van der Waals surface area contributed by atoms with Crippen molar-refractivity contribution in [3.8, 4) is 11.4 Å². The molecule has 0 aromatic carbocycles. The van der Waals surface area contributed by atoms with Gasteiger partial charge in [0, 0.05) is 52.8 Å². The molecule has 8 nitrogen and oxygen atoms in total. The second-order valence-electron chi connectivity index (χ2n) is 6.55. The van der Waals surface area contributed by atoms with Crippen molar-refractivity contribution in [2.24, 2.45) is 13.0 Å². The molecule has 0 amide bonds. The van der Waals surface area contributed by atoms with E-state index in [0.717, 1.165) is 29.9 Å². The number of hydrogen-bond acceptors (Lipinski definition) is 5. The quantitative estimate of drug-likeness (QED) is 0.788. The highest BCUT2D eigenvalue weighted by atomic mass is 32.2. The van der Waals surface area contributed by atoms with Gasteiger partial charge in [-0.1, -0.05) is 0 Å². The summed E-state index contributed by atoms with van der Waals surface area (Å²) in [6.45, 7) is 1.09. The van der Waals surface area contributed by atoms with Gasteiger partial charge in [-0.05, 0) is 31.2 Å². The molecule has 1 aliphatic rings. The molecule has 0 unspecified atom stereocenters. The van der Waals surface area contributed by atoms with Crippen LogP contribution in [0.5, 0.6) is 0 Å². The van der Waals surface area contributed by atoms with Crippen LogP contribution in [0.3, 0.4) is 0 Å². The van der Waals surface area contributed by atoms with Crippen LogP contribution in [0.25, 0.3) is 11.4 Å². The molecule has 3 heterocycles. The van der Waals surface area contributed by atoms with Gasteiger partial charge in [-0.2, -0.15) is 22.1 Å². The Morgan fingerprint density at radius 2 is 2.00 bits per heavy atom. The van der Waals surface area contributed by atoms with Gasteiger partial charge < -0.3 is 0 Å². The predicted octanol–water partition coefficient (Wildman–Crippen LogP) is 0.938. The lowest BCUT2D eigenvalue weighted by molar-refractivity contribution is 0.253. The van der Waals surface area contributed by atoms with Gasteiger partial charge in [-0.15, -0.1) is 0 Å². The van der Waals surface area contributed by atoms with Crippen molar-refractivity contribution in [1.82, 2.24) is 28.4 Å². The molecule has 1 atom stereocenters. The molecular formula is C16H24N6O2S. The van der Waals surface area contributed by atoms with Gasteiger partial charge >= 0.3 is 0 Å². The van der Waals surface area contributed by atoms with E-state index in [4.69, 9.17) is 0 Å². The highest BCUT2D eigenvalue weighted by molar-refractivity contribution is 7.86. The van der Waals surface area contributed by atoms with Crippen molar-refractivity contribution in [1.29, 1.82) is 0 Å². The van der Waals surface area contributed by atoms with Crippen LogP contribution >= 0.6 is 0 Å². The molecule has 0 N–H and O–H groups in total. The van der Waals surface area contributed by atoms with E-state index in [1.807, 2.05) is 13.1 Å². The van der Waals surface area contributed by atoms with Gasteiger partial charge in [0.25, 0.3) is 10.2 Å². The molecule has 0 spiro atoms. The van der Waals surface area contributed by atoms with Gasteiger partial charge in [0.1, 0.15) is 5.69 Å². The number of hydrogen-bond donors (Lipinski definition) is 0. The monoisotopic (exact) mass is 364 g/mol. The Bertz CT molecular complexity index is 833. The summed E-state index contributed by atoms with van der Waals surface area (Å²) in [7, 11) is 1.65. The summed E-state index contributed by atoms with van der Waals surface area (Å²) in [5.74, 6) is 0.229. The second kappa shape index (κ2) is 7.19. The van der Waals surface area contributed by atoms with Crippen LogP contribution in [-0.2, 0) is 23.7 Å². The molecule has 9 heteroatoms. The van der Waals surface area contributed by atoms with Gasteiger partial charge in [0.15, 0.2) is 0 Å². The summed E-state index contributed by atoms with van der Waals surface area (Å²) in [6, 6.07) is 1.91. The first kappa shape index (κ1) is 18.0. The lowest BCUT2D eigenvalue weighted by Gasteiger charge is -2.33. The summed E-state index contributed by atoms with van der Waals surface area (Å²) < 4.78 is 29.4. The van der Waals surface area contributed by atoms with E-state index >= 15 is 0 Å². The third kappa shape index (κ3) is 3.73. The van der Waals surface area contributed by atoms with Crippen LogP contribution in [0, 0.1) is 5.92 Å². The van der Waals surface area contributed by atoms with Crippen molar-refractivity contribution in [3.05, 3.63) is 30.4 Å². The zero-order valence-electron chi connectivity index (χ0n) is 14.8. The Morgan fingerprint density at radius 3 is 2.68 bits per heavy atom. The van der Waals surface area contributed by atoms with Crippen molar-refractivity contribution < 1.29 is 8.42 Å².